The largest absolute Gasteiger partial charge is 0.325 e. The zero-order valence-electron chi connectivity index (χ0n) is 14.9. The minimum Gasteiger partial charge on any atom is -0.325 e. The van der Waals surface area contributed by atoms with E-state index in [1.165, 1.54) is 11.8 Å². The van der Waals surface area contributed by atoms with Gasteiger partial charge in [0, 0.05) is 18.4 Å². The summed E-state index contributed by atoms with van der Waals surface area (Å²) >= 11 is 1.24. The number of carbonyl (C=O) groups excluding carboxylic acids is 1. The Hall–Kier alpha value is -2.67. The fourth-order valence-corrected chi connectivity index (χ4v) is 3.46. The third-order valence-electron chi connectivity index (χ3n) is 4.01. The van der Waals surface area contributed by atoms with Gasteiger partial charge in [-0.05, 0) is 50.1 Å². The van der Waals surface area contributed by atoms with Crippen molar-refractivity contribution in [3.8, 4) is 0 Å². The number of benzene rings is 1. The molecule has 3 rings (SSSR count). The summed E-state index contributed by atoms with van der Waals surface area (Å²) in [5, 5.41) is 3.90. The second-order valence-electron chi connectivity index (χ2n) is 5.97. The van der Waals surface area contributed by atoms with Crippen LogP contribution in [0.3, 0.4) is 0 Å². The minimum atomic E-state index is -0.137. The SMILES string of the molecule is CCn1c(SCC(=O)Nc2cc(C)ccc2C)nc2ncccc2c1=O. The topological polar surface area (TPSA) is 76.9 Å². The van der Waals surface area contributed by atoms with Gasteiger partial charge in [-0.25, -0.2) is 9.97 Å². The molecule has 0 aliphatic heterocycles. The van der Waals surface area contributed by atoms with Gasteiger partial charge in [0.25, 0.3) is 5.56 Å². The Morgan fingerprint density at radius 3 is 2.85 bits per heavy atom. The summed E-state index contributed by atoms with van der Waals surface area (Å²) < 4.78 is 1.57. The van der Waals surface area contributed by atoms with Crippen LogP contribution in [0.4, 0.5) is 5.69 Å². The molecule has 0 aliphatic rings. The lowest BCUT2D eigenvalue weighted by Gasteiger charge is -2.12. The lowest BCUT2D eigenvalue weighted by Crippen LogP contribution is -2.24. The first kappa shape index (κ1) is 18.1. The van der Waals surface area contributed by atoms with Crippen molar-refractivity contribution in [2.75, 3.05) is 11.1 Å². The highest BCUT2D eigenvalue weighted by molar-refractivity contribution is 7.99. The number of anilines is 1. The summed E-state index contributed by atoms with van der Waals surface area (Å²) in [6.45, 7) is 6.30. The molecule has 0 bridgehead atoms. The molecule has 26 heavy (non-hydrogen) atoms. The third-order valence-corrected chi connectivity index (χ3v) is 4.99. The molecule has 134 valence electrons. The summed E-state index contributed by atoms with van der Waals surface area (Å²) in [7, 11) is 0. The third kappa shape index (κ3) is 3.77. The Morgan fingerprint density at radius 2 is 2.08 bits per heavy atom. The number of hydrogen-bond acceptors (Lipinski definition) is 5. The normalized spacial score (nSPS) is 10.9. The molecular weight excluding hydrogens is 348 g/mol. The van der Waals surface area contributed by atoms with E-state index in [-0.39, 0.29) is 17.2 Å². The molecule has 6 nitrogen and oxygen atoms in total. The number of aromatic nitrogens is 3. The molecule has 2 heterocycles. The molecule has 1 N–H and O–H groups in total. The Bertz CT molecular complexity index is 1030. The van der Waals surface area contributed by atoms with Gasteiger partial charge in [0.05, 0.1) is 11.1 Å². The molecule has 2 aromatic heterocycles. The van der Waals surface area contributed by atoms with Gasteiger partial charge in [-0.15, -0.1) is 0 Å². The molecule has 1 aromatic carbocycles. The van der Waals surface area contributed by atoms with E-state index in [0.717, 1.165) is 16.8 Å². The zero-order chi connectivity index (χ0) is 18.7. The number of nitrogens with zero attached hydrogens (tertiary/aromatic N) is 3. The number of rotatable bonds is 5. The van der Waals surface area contributed by atoms with Gasteiger partial charge in [-0.3, -0.25) is 14.2 Å². The van der Waals surface area contributed by atoms with E-state index >= 15 is 0 Å². The van der Waals surface area contributed by atoms with E-state index in [1.807, 2.05) is 39.0 Å². The van der Waals surface area contributed by atoms with E-state index in [4.69, 9.17) is 0 Å². The van der Waals surface area contributed by atoms with E-state index in [0.29, 0.717) is 22.7 Å². The number of thioether (sulfide) groups is 1. The Morgan fingerprint density at radius 1 is 1.27 bits per heavy atom. The van der Waals surface area contributed by atoms with Gasteiger partial charge in [0.2, 0.25) is 5.91 Å². The molecule has 0 saturated carbocycles. The average Bonchev–Trinajstić information content (AvgIpc) is 2.63. The number of pyridine rings is 1. The highest BCUT2D eigenvalue weighted by Crippen LogP contribution is 2.19. The van der Waals surface area contributed by atoms with Gasteiger partial charge in [0.1, 0.15) is 0 Å². The van der Waals surface area contributed by atoms with Crippen molar-refractivity contribution >= 4 is 34.4 Å². The van der Waals surface area contributed by atoms with Crippen LogP contribution in [0.15, 0.2) is 46.5 Å². The number of amides is 1. The van der Waals surface area contributed by atoms with Crippen molar-refractivity contribution in [3.63, 3.8) is 0 Å². The number of aryl methyl sites for hydroxylation is 2. The molecule has 3 aromatic rings. The number of fused-ring (bicyclic) bond motifs is 1. The highest BCUT2D eigenvalue weighted by atomic mass is 32.2. The summed E-state index contributed by atoms with van der Waals surface area (Å²) in [5.74, 6) is 0.0275. The van der Waals surface area contributed by atoms with Gasteiger partial charge < -0.3 is 5.32 Å². The quantitative estimate of drug-likeness (QED) is 0.553. The van der Waals surface area contributed by atoms with Crippen LogP contribution in [0.2, 0.25) is 0 Å². The van der Waals surface area contributed by atoms with Crippen LogP contribution in [-0.2, 0) is 11.3 Å². The fraction of sp³-hybridized carbons (Fsp3) is 0.263. The highest BCUT2D eigenvalue weighted by Gasteiger charge is 2.13. The van der Waals surface area contributed by atoms with Crippen LogP contribution in [0, 0.1) is 13.8 Å². The molecule has 0 aliphatic carbocycles. The standard InChI is InChI=1S/C19H20N4O2S/c1-4-23-18(25)14-6-5-9-20-17(14)22-19(23)26-11-16(24)21-15-10-12(2)7-8-13(15)3/h5-10H,4,11H2,1-3H3,(H,21,24). The maximum absolute atomic E-state index is 12.6. The van der Waals surface area contributed by atoms with Crippen molar-refractivity contribution in [3.05, 3.63) is 58.0 Å². The average molecular weight is 368 g/mol. The van der Waals surface area contributed by atoms with Gasteiger partial charge in [-0.2, -0.15) is 0 Å². The summed E-state index contributed by atoms with van der Waals surface area (Å²) in [5.41, 5.74) is 3.16. The molecule has 0 fully saturated rings. The van der Waals surface area contributed by atoms with Crippen molar-refractivity contribution in [1.82, 2.24) is 14.5 Å². The summed E-state index contributed by atoms with van der Waals surface area (Å²) in [6, 6.07) is 9.36. The first-order valence-corrected chi connectivity index (χ1v) is 9.33. The van der Waals surface area contributed by atoms with Crippen LogP contribution < -0.4 is 10.9 Å². The molecule has 7 heteroatoms. The number of nitrogens with one attached hydrogen (secondary N) is 1. The monoisotopic (exact) mass is 368 g/mol. The molecule has 0 atom stereocenters. The number of hydrogen-bond donors (Lipinski definition) is 1. The van der Waals surface area contributed by atoms with E-state index in [2.05, 4.69) is 15.3 Å². The Balaban J connectivity index is 1.80. The zero-order valence-corrected chi connectivity index (χ0v) is 15.8. The first-order chi connectivity index (χ1) is 12.5. The maximum atomic E-state index is 12.6. The van der Waals surface area contributed by atoms with E-state index in [9.17, 15) is 9.59 Å². The maximum Gasteiger partial charge on any atom is 0.263 e. The predicted molar refractivity (Wildman–Crippen MR) is 105 cm³/mol. The van der Waals surface area contributed by atoms with Crippen LogP contribution in [0.25, 0.3) is 11.0 Å². The lowest BCUT2D eigenvalue weighted by molar-refractivity contribution is -0.113. The summed E-state index contributed by atoms with van der Waals surface area (Å²) in [6.07, 6.45) is 1.60. The predicted octanol–water partition coefficient (Wildman–Crippen LogP) is 3.16. The van der Waals surface area contributed by atoms with Crippen molar-refractivity contribution in [2.24, 2.45) is 0 Å². The second-order valence-corrected chi connectivity index (χ2v) is 6.92. The van der Waals surface area contributed by atoms with E-state index < -0.39 is 0 Å². The minimum absolute atomic E-state index is 0.136. The van der Waals surface area contributed by atoms with Gasteiger partial charge >= 0.3 is 0 Å². The van der Waals surface area contributed by atoms with Crippen LogP contribution >= 0.6 is 11.8 Å². The van der Waals surface area contributed by atoms with Crippen molar-refractivity contribution in [1.29, 1.82) is 0 Å². The second kappa shape index (κ2) is 7.70. The lowest BCUT2D eigenvalue weighted by atomic mass is 10.1. The van der Waals surface area contributed by atoms with Crippen molar-refractivity contribution < 1.29 is 4.79 Å². The molecule has 0 spiro atoms. The Labute approximate surface area is 155 Å². The fourth-order valence-electron chi connectivity index (χ4n) is 2.61. The van der Waals surface area contributed by atoms with Crippen LogP contribution in [0.5, 0.6) is 0 Å². The Kier molecular flexibility index (Phi) is 5.37. The molecule has 0 radical (unpaired) electrons. The summed E-state index contributed by atoms with van der Waals surface area (Å²) in [4.78, 5) is 33.5. The van der Waals surface area contributed by atoms with Gasteiger partial charge in [-0.1, -0.05) is 23.9 Å². The molecule has 0 unspecified atom stereocenters. The smallest absolute Gasteiger partial charge is 0.263 e. The molecular formula is C19H20N4O2S. The molecule has 0 saturated heterocycles. The van der Waals surface area contributed by atoms with Crippen LogP contribution in [0.1, 0.15) is 18.1 Å². The molecule has 1 amide bonds. The first-order valence-electron chi connectivity index (χ1n) is 8.35. The van der Waals surface area contributed by atoms with Crippen LogP contribution in [-0.4, -0.2) is 26.2 Å². The van der Waals surface area contributed by atoms with E-state index in [1.54, 1.807) is 22.9 Å². The number of carbonyl (C=O) groups is 1. The van der Waals surface area contributed by atoms with Crippen molar-refractivity contribution in [2.45, 2.75) is 32.5 Å². The van der Waals surface area contributed by atoms with Gasteiger partial charge in [0.15, 0.2) is 10.8 Å².